The number of nitrogens with zero attached hydrogens (tertiary/aromatic N) is 3. The Morgan fingerprint density at radius 1 is 1.05 bits per heavy atom. The Morgan fingerprint density at radius 2 is 1.87 bits per heavy atom. The van der Waals surface area contributed by atoms with Gasteiger partial charge in [0.2, 0.25) is 0 Å². The fourth-order valence-electron chi connectivity index (χ4n) is 4.59. The van der Waals surface area contributed by atoms with Gasteiger partial charge in [0, 0.05) is 12.1 Å². The highest BCUT2D eigenvalue weighted by Gasteiger charge is 2.31. The summed E-state index contributed by atoms with van der Waals surface area (Å²) >= 11 is 1.37. The summed E-state index contributed by atoms with van der Waals surface area (Å²) in [5.74, 6) is 0.889. The van der Waals surface area contributed by atoms with Crippen LogP contribution in [0.5, 0.6) is 5.75 Å². The Morgan fingerprint density at radius 3 is 2.63 bits per heavy atom. The topological polar surface area (TPSA) is 92.9 Å². The van der Waals surface area contributed by atoms with Gasteiger partial charge in [-0.3, -0.25) is 14.0 Å². The van der Waals surface area contributed by atoms with Crippen LogP contribution in [0.25, 0.3) is 10.2 Å². The van der Waals surface area contributed by atoms with Crippen molar-refractivity contribution >= 4 is 48.3 Å². The van der Waals surface area contributed by atoms with Crippen molar-refractivity contribution in [1.29, 1.82) is 0 Å². The number of rotatable bonds is 7. The molecule has 1 aliphatic rings. The van der Waals surface area contributed by atoms with E-state index in [4.69, 9.17) is 14.1 Å². The molecule has 0 N–H and O–H groups in total. The van der Waals surface area contributed by atoms with Crippen LogP contribution in [0.3, 0.4) is 0 Å². The van der Waals surface area contributed by atoms with Crippen LogP contribution in [-0.4, -0.2) is 33.0 Å². The number of furan rings is 1. The van der Waals surface area contributed by atoms with Crippen molar-refractivity contribution in [3.8, 4) is 5.75 Å². The largest absolute Gasteiger partial charge is 0.494 e. The molecule has 2 aromatic heterocycles. The SMILES string of the molecule is COc1cccc2sc(N(Cc3ccco3)C(=O)c3ccc(S(=O)(=O)N4CCc5ccccc54)cc3)nc12. The molecule has 0 unspecified atom stereocenters. The fraction of sp³-hybridized carbons (Fsp3) is 0.143. The first kappa shape index (κ1) is 24.2. The molecule has 1 aliphatic heterocycles. The van der Waals surface area contributed by atoms with Gasteiger partial charge in [-0.1, -0.05) is 35.6 Å². The number of thiazole rings is 1. The summed E-state index contributed by atoms with van der Waals surface area (Å²) < 4.78 is 40.1. The van der Waals surface area contributed by atoms with E-state index in [0.717, 1.165) is 10.3 Å². The van der Waals surface area contributed by atoms with Crippen molar-refractivity contribution in [3.05, 3.63) is 102 Å². The number of benzene rings is 3. The predicted molar refractivity (Wildman–Crippen MR) is 147 cm³/mol. The Labute approximate surface area is 223 Å². The first-order chi connectivity index (χ1) is 18.5. The lowest BCUT2D eigenvalue weighted by molar-refractivity contribution is 0.0983. The number of fused-ring (bicyclic) bond motifs is 2. The molecule has 0 atom stereocenters. The van der Waals surface area contributed by atoms with Crippen LogP contribution in [0.15, 0.2) is 94.4 Å². The second-order valence-corrected chi connectivity index (χ2v) is 11.6. The number of sulfonamides is 1. The lowest BCUT2D eigenvalue weighted by Crippen LogP contribution is -2.31. The second kappa shape index (κ2) is 9.62. The number of anilines is 2. The first-order valence-electron chi connectivity index (χ1n) is 11.9. The normalized spacial score (nSPS) is 13.0. The number of para-hydroxylation sites is 2. The third-order valence-electron chi connectivity index (χ3n) is 6.49. The molecule has 3 heterocycles. The van der Waals surface area contributed by atoms with E-state index in [9.17, 15) is 13.2 Å². The molecule has 0 saturated heterocycles. The zero-order chi connectivity index (χ0) is 26.3. The molecule has 0 bridgehead atoms. The predicted octanol–water partition coefficient (Wildman–Crippen LogP) is 5.50. The molecule has 0 saturated carbocycles. The average molecular weight is 546 g/mol. The van der Waals surface area contributed by atoms with E-state index in [-0.39, 0.29) is 17.3 Å². The average Bonchev–Trinajstić information content (AvgIpc) is 3.70. The van der Waals surface area contributed by atoms with Crippen molar-refractivity contribution in [2.75, 3.05) is 22.9 Å². The van der Waals surface area contributed by atoms with Crippen molar-refractivity contribution in [2.24, 2.45) is 0 Å². The molecule has 3 aromatic carbocycles. The molecule has 0 spiro atoms. The fourth-order valence-corrected chi connectivity index (χ4v) is 7.07. The number of amides is 1. The van der Waals surface area contributed by atoms with Gasteiger partial charge in [0.05, 0.1) is 35.2 Å². The van der Waals surface area contributed by atoms with Crippen LogP contribution in [0.1, 0.15) is 21.7 Å². The Bertz CT molecular complexity index is 1730. The van der Waals surface area contributed by atoms with E-state index in [1.807, 2.05) is 42.5 Å². The lowest BCUT2D eigenvalue weighted by atomic mass is 10.2. The number of ether oxygens (including phenoxy) is 1. The zero-order valence-electron chi connectivity index (χ0n) is 20.4. The molecule has 5 aromatic rings. The number of carbonyl (C=O) groups excluding carboxylic acids is 1. The summed E-state index contributed by atoms with van der Waals surface area (Å²) in [5, 5.41) is 0.483. The lowest BCUT2D eigenvalue weighted by Gasteiger charge is -2.21. The van der Waals surface area contributed by atoms with Crippen LogP contribution in [-0.2, 0) is 23.0 Å². The van der Waals surface area contributed by atoms with Gasteiger partial charge in [0.25, 0.3) is 15.9 Å². The minimum atomic E-state index is -3.76. The Kier molecular flexibility index (Phi) is 6.13. The molecule has 10 heteroatoms. The Hall–Kier alpha value is -4.15. The van der Waals surface area contributed by atoms with Crippen LogP contribution < -0.4 is 13.9 Å². The number of hydrogen-bond acceptors (Lipinski definition) is 7. The third-order valence-corrected chi connectivity index (χ3v) is 9.37. The van der Waals surface area contributed by atoms with Gasteiger partial charge in [0.1, 0.15) is 17.0 Å². The van der Waals surface area contributed by atoms with E-state index in [2.05, 4.69) is 0 Å². The van der Waals surface area contributed by atoms with E-state index in [0.29, 0.717) is 46.4 Å². The quantitative estimate of drug-likeness (QED) is 0.268. The van der Waals surface area contributed by atoms with Crippen LogP contribution in [0.2, 0.25) is 0 Å². The minimum absolute atomic E-state index is 0.132. The molecule has 6 rings (SSSR count). The molecule has 0 aliphatic carbocycles. The van der Waals surface area contributed by atoms with Gasteiger partial charge >= 0.3 is 0 Å². The van der Waals surface area contributed by atoms with Crippen molar-refractivity contribution in [2.45, 2.75) is 17.9 Å². The van der Waals surface area contributed by atoms with Crippen molar-refractivity contribution < 1.29 is 22.4 Å². The summed E-state index contributed by atoms with van der Waals surface area (Å²) in [4.78, 5) is 20.1. The number of methoxy groups -OCH3 is 1. The standard InChI is InChI=1S/C28H23N3O5S2/c1-35-24-9-4-10-25-26(24)29-28(37-25)30(18-21-7-5-17-36-21)27(32)20-11-13-22(14-12-20)38(33,34)31-16-15-19-6-2-3-8-23(19)31/h2-14,17H,15-16,18H2,1H3. The summed E-state index contributed by atoms with van der Waals surface area (Å²) in [6.07, 6.45) is 2.22. The highest BCUT2D eigenvalue weighted by Crippen LogP contribution is 2.36. The van der Waals surface area contributed by atoms with Crippen LogP contribution in [0, 0.1) is 0 Å². The molecule has 38 heavy (non-hydrogen) atoms. The highest BCUT2D eigenvalue weighted by atomic mass is 32.2. The first-order valence-corrected chi connectivity index (χ1v) is 14.2. The highest BCUT2D eigenvalue weighted by molar-refractivity contribution is 7.92. The third kappa shape index (κ3) is 4.21. The van der Waals surface area contributed by atoms with Gasteiger partial charge in [-0.2, -0.15) is 0 Å². The number of hydrogen-bond donors (Lipinski definition) is 0. The van der Waals surface area contributed by atoms with Gasteiger partial charge in [0.15, 0.2) is 5.13 Å². The molecule has 1 amide bonds. The van der Waals surface area contributed by atoms with Crippen molar-refractivity contribution in [1.82, 2.24) is 4.98 Å². The van der Waals surface area contributed by atoms with E-state index in [1.54, 1.807) is 37.6 Å². The van der Waals surface area contributed by atoms with Crippen molar-refractivity contribution in [3.63, 3.8) is 0 Å². The smallest absolute Gasteiger partial charge is 0.264 e. The molecule has 8 nitrogen and oxygen atoms in total. The maximum atomic E-state index is 13.7. The van der Waals surface area contributed by atoms with E-state index < -0.39 is 10.0 Å². The monoisotopic (exact) mass is 545 g/mol. The van der Waals surface area contributed by atoms with Gasteiger partial charge < -0.3 is 9.15 Å². The summed E-state index contributed by atoms with van der Waals surface area (Å²) in [6.45, 7) is 0.555. The Balaban J connectivity index is 1.33. The maximum absolute atomic E-state index is 13.7. The molecule has 0 radical (unpaired) electrons. The second-order valence-electron chi connectivity index (χ2n) is 8.75. The molecular weight excluding hydrogens is 522 g/mol. The minimum Gasteiger partial charge on any atom is -0.494 e. The summed E-state index contributed by atoms with van der Waals surface area (Å²) in [5.41, 5.74) is 2.70. The molecule has 192 valence electrons. The van der Waals surface area contributed by atoms with Gasteiger partial charge in [-0.05, 0) is 66.6 Å². The summed E-state index contributed by atoms with van der Waals surface area (Å²) in [7, 11) is -2.18. The van der Waals surface area contributed by atoms with Gasteiger partial charge in [-0.15, -0.1) is 0 Å². The maximum Gasteiger partial charge on any atom is 0.264 e. The number of aromatic nitrogens is 1. The number of carbonyl (C=O) groups is 1. The van der Waals surface area contributed by atoms with E-state index >= 15 is 0 Å². The molecule has 0 fully saturated rings. The van der Waals surface area contributed by atoms with Gasteiger partial charge in [-0.25, -0.2) is 13.4 Å². The van der Waals surface area contributed by atoms with E-state index in [1.165, 1.54) is 32.7 Å². The van der Waals surface area contributed by atoms with Crippen LogP contribution in [0.4, 0.5) is 10.8 Å². The zero-order valence-corrected chi connectivity index (χ0v) is 22.0. The van der Waals surface area contributed by atoms with Crippen LogP contribution >= 0.6 is 11.3 Å². The molecular formula is C28H23N3O5S2. The summed E-state index contributed by atoms with van der Waals surface area (Å²) in [6, 6.07) is 22.7.